The number of hydrogen-bond acceptors (Lipinski definition) is 3. The molecule has 2 atom stereocenters. The number of benzene rings is 1. The van der Waals surface area contributed by atoms with Gasteiger partial charge >= 0.3 is 6.03 Å². The highest BCUT2D eigenvalue weighted by atomic mass is 16.2. The van der Waals surface area contributed by atoms with E-state index in [1.165, 1.54) is 5.56 Å². The SMILES string of the molecule is CC(=O)N1CC[C@@H](NC(=O)N[C@@H]2CCN(Cc3ccccc3)C2)C1. The number of likely N-dealkylation sites (tertiary alicyclic amines) is 2. The number of nitrogens with zero attached hydrogens (tertiary/aromatic N) is 2. The van der Waals surface area contributed by atoms with E-state index < -0.39 is 0 Å². The van der Waals surface area contributed by atoms with E-state index in [4.69, 9.17) is 0 Å². The minimum absolute atomic E-state index is 0.0655. The van der Waals surface area contributed by atoms with E-state index >= 15 is 0 Å². The highest BCUT2D eigenvalue weighted by Crippen LogP contribution is 2.14. The van der Waals surface area contributed by atoms with E-state index in [1.54, 1.807) is 11.8 Å². The Hall–Kier alpha value is -2.08. The molecule has 0 aliphatic carbocycles. The Bertz CT molecular complexity index is 578. The molecule has 0 spiro atoms. The maximum Gasteiger partial charge on any atom is 0.315 e. The van der Waals surface area contributed by atoms with Crippen LogP contribution in [0.25, 0.3) is 0 Å². The third kappa shape index (κ3) is 4.47. The summed E-state index contributed by atoms with van der Waals surface area (Å²) in [7, 11) is 0. The highest BCUT2D eigenvalue weighted by Gasteiger charge is 2.27. The minimum Gasteiger partial charge on any atom is -0.341 e. The molecule has 3 amide bonds. The van der Waals surface area contributed by atoms with Crippen molar-refractivity contribution >= 4 is 11.9 Å². The highest BCUT2D eigenvalue weighted by molar-refractivity contribution is 5.76. The molecule has 0 saturated carbocycles. The predicted octanol–water partition coefficient (Wildman–Crippen LogP) is 1.18. The molecule has 3 rings (SSSR count). The molecule has 1 aromatic rings. The Morgan fingerprint density at radius 2 is 1.71 bits per heavy atom. The zero-order chi connectivity index (χ0) is 16.9. The van der Waals surface area contributed by atoms with Crippen molar-refractivity contribution in [3.63, 3.8) is 0 Å². The Labute approximate surface area is 143 Å². The van der Waals surface area contributed by atoms with Crippen molar-refractivity contribution in [3.8, 4) is 0 Å². The molecule has 2 N–H and O–H groups in total. The molecule has 0 radical (unpaired) electrons. The number of carbonyl (C=O) groups excluding carboxylic acids is 2. The van der Waals surface area contributed by atoms with Crippen LogP contribution >= 0.6 is 0 Å². The van der Waals surface area contributed by atoms with Gasteiger partial charge in [0, 0.05) is 51.7 Å². The maximum atomic E-state index is 12.2. The fraction of sp³-hybridized carbons (Fsp3) is 0.556. The molecule has 2 aliphatic heterocycles. The smallest absolute Gasteiger partial charge is 0.315 e. The molecular formula is C18H26N4O2. The molecule has 1 aromatic carbocycles. The molecule has 24 heavy (non-hydrogen) atoms. The Balaban J connectivity index is 1.39. The van der Waals surface area contributed by atoms with Crippen LogP contribution in [0, 0.1) is 0 Å². The first-order valence-corrected chi connectivity index (χ1v) is 8.69. The van der Waals surface area contributed by atoms with Crippen LogP contribution in [0.3, 0.4) is 0 Å². The van der Waals surface area contributed by atoms with E-state index in [0.29, 0.717) is 6.54 Å². The van der Waals surface area contributed by atoms with Gasteiger partial charge in [-0.3, -0.25) is 9.69 Å². The van der Waals surface area contributed by atoms with Gasteiger partial charge in [0.1, 0.15) is 0 Å². The molecule has 130 valence electrons. The van der Waals surface area contributed by atoms with Gasteiger partial charge in [-0.2, -0.15) is 0 Å². The lowest BCUT2D eigenvalue weighted by molar-refractivity contribution is -0.127. The average Bonchev–Trinajstić information content (AvgIpc) is 3.18. The zero-order valence-electron chi connectivity index (χ0n) is 14.2. The summed E-state index contributed by atoms with van der Waals surface area (Å²) in [6, 6.07) is 10.5. The molecular weight excluding hydrogens is 304 g/mol. The molecule has 6 nitrogen and oxygen atoms in total. The largest absolute Gasteiger partial charge is 0.341 e. The van der Waals surface area contributed by atoms with Crippen LogP contribution in [-0.4, -0.2) is 60.0 Å². The summed E-state index contributed by atoms with van der Waals surface area (Å²) >= 11 is 0. The second-order valence-electron chi connectivity index (χ2n) is 6.77. The quantitative estimate of drug-likeness (QED) is 0.871. The van der Waals surface area contributed by atoms with Crippen LogP contribution in [0.2, 0.25) is 0 Å². The summed E-state index contributed by atoms with van der Waals surface area (Å²) in [5.74, 6) is 0.0760. The maximum absolute atomic E-state index is 12.2. The number of carbonyl (C=O) groups is 2. The average molecular weight is 330 g/mol. The summed E-state index contributed by atoms with van der Waals surface area (Å²) < 4.78 is 0. The predicted molar refractivity (Wildman–Crippen MR) is 92.5 cm³/mol. The van der Waals surface area contributed by atoms with Crippen molar-refractivity contribution < 1.29 is 9.59 Å². The second-order valence-corrected chi connectivity index (χ2v) is 6.77. The fourth-order valence-corrected chi connectivity index (χ4v) is 3.51. The van der Waals surface area contributed by atoms with Crippen LogP contribution < -0.4 is 10.6 Å². The summed E-state index contributed by atoms with van der Waals surface area (Å²) in [5.41, 5.74) is 1.30. The van der Waals surface area contributed by atoms with Crippen LogP contribution in [0.5, 0.6) is 0 Å². The van der Waals surface area contributed by atoms with Gasteiger partial charge < -0.3 is 15.5 Å². The third-order valence-electron chi connectivity index (χ3n) is 4.83. The van der Waals surface area contributed by atoms with Gasteiger partial charge in [0.05, 0.1) is 0 Å². The third-order valence-corrected chi connectivity index (χ3v) is 4.83. The molecule has 2 heterocycles. The van der Waals surface area contributed by atoms with Crippen LogP contribution in [0.1, 0.15) is 25.3 Å². The molecule has 2 aliphatic rings. The lowest BCUT2D eigenvalue weighted by Crippen LogP contribution is -2.48. The van der Waals surface area contributed by atoms with Crippen molar-refractivity contribution in [2.24, 2.45) is 0 Å². The lowest BCUT2D eigenvalue weighted by atomic mass is 10.2. The Morgan fingerprint density at radius 1 is 1.04 bits per heavy atom. The molecule has 0 aromatic heterocycles. The van der Waals surface area contributed by atoms with Gasteiger partial charge in [-0.25, -0.2) is 4.79 Å². The van der Waals surface area contributed by atoms with Gasteiger partial charge in [0.15, 0.2) is 0 Å². The van der Waals surface area contributed by atoms with Crippen molar-refractivity contribution in [2.45, 2.75) is 38.4 Å². The summed E-state index contributed by atoms with van der Waals surface area (Å²) in [6.07, 6.45) is 1.81. The Kier molecular flexibility index (Phi) is 5.35. The summed E-state index contributed by atoms with van der Waals surface area (Å²) in [6.45, 7) is 5.73. The van der Waals surface area contributed by atoms with Crippen LogP contribution in [-0.2, 0) is 11.3 Å². The number of nitrogens with one attached hydrogen (secondary N) is 2. The van der Waals surface area contributed by atoms with Crippen molar-refractivity contribution in [1.29, 1.82) is 0 Å². The van der Waals surface area contributed by atoms with E-state index in [0.717, 1.165) is 39.0 Å². The molecule has 2 fully saturated rings. The minimum atomic E-state index is -0.114. The first-order chi connectivity index (χ1) is 11.6. The van der Waals surface area contributed by atoms with E-state index in [9.17, 15) is 9.59 Å². The number of rotatable bonds is 4. The van der Waals surface area contributed by atoms with Gasteiger partial charge in [-0.05, 0) is 18.4 Å². The van der Waals surface area contributed by atoms with E-state index in [2.05, 4.69) is 39.8 Å². The second kappa shape index (κ2) is 7.66. The zero-order valence-corrected chi connectivity index (χ0v) is 14.2. The molecule has 2 saturated heterocycles. The standard InChI is InChI=1S/C18H26N4O2/c1-14(23)22-10-8-17(13-22)20-18(24)19-16-7-9-21(12-16)11-15-5-3-2-4-6-15/h2-6,16-17H,7-13H2,1H3,(H2,19,20,24)/t16-,17-/m1/s1. The van der Waals surface area contributed by atoms with Gasteiger partial charge in [-0.1, -0.05) is 30.3 Å². The Morgan fingerprint density at radius 3 is 2.38 bits per heavy atom. The number of hydrogen-bond donors (Lipinski definition) is 2. The van der Waals surface area contributed by atoms with Crippen molar-refractivity contribution in [2.75, 3.05) is 26.2 Å². The first-order valence-electron chi connectivity index (χ1n) is 8.69. The van der Waals surface area contributed by atoms with Crippen LogP contribution in [0.15, 0.2) is 30.3 Å². The van der Waals surface area contributed by atoms with Crippen molar-refractivity contribution in [3.05, 3.63) is 35.9 Å². The normalized spacial score (nSPS) is 24.1. The number of urea groups is 1. The van der Waals surface area contributed by atoms with Gasteiger partial charge in [0.2, 0.25) is 5.91 Å². The fourth-order valence-electron chi connectivity index (χ4n) is 3.51. The van der Waals surface area contributed by atoms with Gasteiger partial charge in [0.25, 0.3) is 0 Å². The monoisotopic (exact) mass is 330 g/mol. The molecule has 0 unspecified atom stereocenters. The lowest BCUT2D eigenvalue weighted by Gasteiger charge is -2.19. The number of amides is 3. The van der Waals surface area contributed by atoms with Crippen molar-refractivity contribution in [1.82, 2.24) is 20.4 Å². The first kappa shape index (κ1) is 16.8. The molecule has 6 heteroatoms. The molecule has 0 bridgehead atoms. The van der Waals surface area contributed by atoms with Crippen LogP contribution in [0.4, 0.5) is 4.79 Å². The topological polar surface area (TPSA) is 64.7 Å². The summed E-state index contributed by atoms with van der Waals surface area (Å²) in [4.78, 5) is 27.6. The van der Waals surface area contributed by atoms with E-state index in [1.807, 2.05) is 6.07 Å². The van der Waals surface area contributed by atoms with E-state index in [-0.39, 0.29) is 24.0 Å². The summed E-state index contributed by atoms with van der Waals surface area (Å²) in [5, 5.41) is 6.06. The van der Waals surface area contributed by atoms with Gasteiger partial charge in [-0.15, -0.1) is 0 Å².